The molecule has 0 aromatic heterocycles. The van der Waals surface area contributed by atoms with Crippen LogP contribution in [0, 0.1) is 0 Å². The van der Waals surface area contributed by atoms with Crippen molar-refractivity contribution < 1.29 is 80.2 Å². The molecule has 0 spiro atoms. The van der Waals surface area contributed by atoms with E-state index in [9.17, 15) is 43.2 Å². The zero-order chi connectivity index (χ0) is 74.6. The van der Waals surface area contributed by atoms with E-state index in [4.69, 9.17) is 37.0 Å². The summed E-state index contributed by atoms with van der Waals surface area (Å²) in [6.45, 7) is 4.65. The largest absolute Gasteiger partial charge is 0.472 e. The van der Waals surface area contributed by atoms with Crippen molar-refractivity contribution in [3.05, 3.63) is 97.2 Å². The third-order valence-corrected chi connectivity index (χ3v) is 18.9. The standard InChI is InChI=1S/C83H146O17P2/c1-5-9-13-17-21-25-29-33-35-37-38-40-42-46-48-52-56-60-64-68-81(86)94-74-79(100-83(88)70-66-62-58-54-50-44-32-28-24-20-16-12-8-4)76-98-102(91,92)96-72-77(84)71-95-101(89,90)97-75-78(99-82(87)69-65-61-57-53-49-43-31-27-23-19-15-11-7-3)73-93-80(85)67-63-59-55-51-47-45-41-39-36-34-30-26-22-18-14-10-6-2/h9-10,13-14,21-22,25-26,28,32-36,38,40,77-79,84H,5-8,11-12,15-20,23-24,27,29-31,37,39,41-76H2,1-4H3,(H,89,90)(H,91,92)/b13-9-,14-10-,25-21-,26-22-,32-28-,35-33-,36-34-,40-38-. The summed E-state index contributed by atoms with van der Waals surface area (Å²) in [5.74, 6) is -2.19. The first kappa shape index (κ1) is 98.0. The average molecular weight is 1480 g/mol. The molecular weight excluding hydrogens is 1330 g/mol. The second kappa shape index (κ2) is 75.2. The molecule has 17 nitrogen and oxygen atoms in total. The maximum atomic E-state index is 13.1. The lowest BCUT2D eigenvalue weighted by molar-refractivity contribution is -0.161. The van der Waals surface area contributed by atoms with Crippen molar-refractivity contribution in [2.24, 2.45) is 0 Å². The second-order valence-electron chi connectivity index (χ2n) is 27.0. The predicted molar refractivity (Wildman–Crippen MR) is 418 cm³/mol. The quantitative estimate of drug-likeness (QED) is 0.0169. The van der Waals surface area contributed by atoms with E-state index >= 15 is 0 Å². The molecule has 0 aliphatic heterocycles. The monoisotopic (exact) mass is 1480 g/mol. The lowest BCUT2D eigenvalue weighted by Gasteiger charge is -2.21. The molecule has 0 aliphatic carbocycles. The van der Waals surface area contributed by atoms with Crippen molar-refractivity contribution in [2.45, 2.75) is 367 Å². The van der Waals surface area contributed by atoms with Crippen LogP contribution in [0.2, 0.25) is 0 Å². The minimum Gasteiger partial charge on any atom is -0.462 e. The van der Waals surface area contributed by atoms with E-state index in [0.717, 1.165) is 193 Å². The number of unbranched alkanes of at least 4 members (excludes halogenated alkanes) is 34. The van der Waals surface area contributed by atoms with E-state index in [-0.39, 0.29) is 25.7 Å². The SMILES string of the molecule is CC/C=C\C/C=C\C/C=C\C/C=C\CCCCCCCCC(=O)OCC(COP(=O)(O)OCC(O)COP(=O)(O)OCC(COC(=O)CCCCCCCCC/C=C\C/C=C\C/C=C\CC)OC(=O)CCCCCCCCCCCCCCC)OC(=O)CCCCCCC/C=C\CCCCCC. The molecule has 0 rings (SSSR count). The van der Waals surface area contributed by atoms with Crippen LogP contribution < -0.4 is 0 Å². The highest BCUT2D eigenvalue weighted by molar-refractivity contribution is 7.47. The number of rotatable bonds is 76. The van der Waals surface area contributed by atoms with E-state index in [1.807, 2.05) is 0 Å². The van der Waals surface area contributed by atoms with E-state index in [1.165, 1.54) is 77.0 Å². The van der Waals surface area contributed by atoms with Crippen molar-refractivity contribution in [3.63, 3.8) is 0 Å². The summed E-state index contributed by atoms with van der Waals surface area (Å²) in [6, 6.07) is 0. The topological polar surface area (TPSA) is 237 Å². The van der Waals surface area contributed by atoms with Gasteiger partial charge in [0.15, 0.2) is 12.2 Å². The fourth-order valence-corrected chi connectivity index (χ4v) is 12.5. The van der Waals surface area contributed by atoms with Crippen LogP contribution in [0.4, 0.5) is 0 Å². The number of carbonyl (C=O) groups excluding carboxylic acids is 4. The Balaban J connectivity index is 5.32. The zero-order valence-electron chi connectivity index (χ0n) is 64.5. The molecule has 5 unspecified atom stereocenters. The fraction of sp³-hybridized carbons (Fsp3) is 0.759. The summed E-state index contributed by atoms with van der Waals surface area (Å²) in [7, 11) is -9.95. The number of aliphatic hydroxyl groups is 1. The molecule has 5 atom stereocenters. The van der Waals surface area contributed by atoms with Crippen molar-refractivity contribution >= 4 is 39.5 Å². The van der Waals surface area contributed by atoms with Crippen LogP contribution in [-0.2, 0) is 65.4 Å². The second-order valence-corrected chi connectivity index (χ2v) is 29.9. The molecular formula is C83H146O17P2. The molecule has 0 aromatic carbocycles. The smallest absolute Gasteiger partial charge is 0.462 e. The number of hydrogen-bond donors (Lipinski definition) is 3. The molecule has 3 N–H and O–H groups in total. The summed E-state index contributed by atoms with van der Waals surface area (Å²) >= 11 is 0. The maximum absolute atomic E-state index is 13.1. The Morgan fingerprint density at radius 3 is 0.804 bits per heavy atom. The van der Waals surface area contributed by atoms with Crippen molar-refractivity contribution in [2.75, 3.05) is 39.6 Å². The Hall–Kier alpha value is -4.02. The van der Waals surface area contributed by atoms with Crippen LogP contribution in [0.15, 0.2) is 97.2 Å². The van der Waals surface area contributed by atoms with Gasteiger partial charge in [-0.2, -0.15) is 0 Å². The number of phosphoric ester groups is 2. The van der Waals surface area contributed by atoms with Gasteiger partial charge in [-0.25, -0.2) is 9.13 Å². The van der Waals surface area contributed by atoms with Gasteiger partial charge in [0, 0.05) is 25.7 Å². The number of hydrogen-bond acceptors (Lipinski definition) is 15. The van der Waals surface area contributed by atoms with E-state index < -0.39 is 97.5 Å². The summed E-state index contributed by atoms with van der Waals surface area (Å²) < 4.78 is 68.6. The molecule has 0 fully saturated rings. The molecule has 102 heavy (non-hydrogen) atoms. The van der Waals surface area contributed by atoms with Gasteiger partial charge in [-0.3, -0.25) is 37.3 Å². The number of ether oxygens (including phenoxy) is 4. The molecule has 0 aromatic rings. The summed E-state index contributed by atoms with van der Waals surface area (Å²) in [6.07, 6.45) is 79.5. The minimum absolute atomic E-state index is 0.0823. The molecule has 590 valence electrons. The minimum atomic E-state index is -4.98. The number of aliphatic hydroxyl groups excluding tert-OH is 1. The number of phosphoric acid groups is 2. The maximum Gasteiger partial charge on any atom is 0.472 e. The van der Waals surface area contributed by atoms with Gasteiger partial charge in [-0.05, 0) is 122 Å². The number of allylic oxidation sites excluding steroid dienone is 16. The summed E-state index contributed by atoms with van der Waals surface area (Å²) in [5, 5.41) is 10.6. The highest BCUT2D eigenvalue weighted by Crippen LogP contribution is 2.45. The van der Waals surface area contributed by atoms with Gasteiger partial charge < -0.3 is 33.8 Å². The predicted octanol–water partition coefficient (Wildman–Crippen LogP) is 23.6. The van der Waals surface area contributed by atoms with E-state index in [0.29, 0.717) is 25.7 Å². The molecule has 19 heteroatoms. The van der Waals surface area contributed by atoms with Crippen LogP contribution in [0.25, 0.3) is 0 Å². The van der Waals surface area contributed by atoms with Gasteiger partial charge in [-0.1, -0.05) is 298 Å². The van der Waals surface area contributed by atoms with Gasteiger partial charge in [0.25, 0.3) is 0 Å². The highest BCUT2D eigenvalue weighted by atomic mass is 31.2. The van der Waals surface area contributed by atoms with Crippen molar-refractivity contribution in [1.82, 2.24) is 0 Å². The van der Waals surface area contributed by atoms with Crippen molar-refractivity contribution in [3.8, 4) is 0 Å². The third-order valence-electron chi connectivity index (χ3n) is 17.0. The fourth-order valence-electron chi connectivity index (χ4n) is 10.9. The zero-order valence-corrected chi connectivity index (χ0v) is 66.3. The van der Waals surface area contributed by atoms with Crippen LogP contribution in [-0.4, -0.2) is 96.7 Å². The molecule has 0 amide bonds. The first-order valence-corrected chi connectivity index (χ1v) is 43.5. The summed E-state index contributed by atoms with van der Waals surface area (Å²) in [5.41, 5.74) is 0. The molecule has 0 heterocycles. The van der Waals surface area contributed by atoms with E-state index in [2.05, 4.69) is 125 Å². The molecule has 0 bridgehead atoms. The van der Waals surface area contributed by atoms with Crippen LogP contribution in [0.1, 0.15) is 349 Å². The molecule has 0 aliphatic rings. The van der Waals surface area contributed by atoms with Crippen LogP contribution in [0.5, 0.6) is 0 Å². The van der Waals surface area contributed by atoms with Gasteiger partial charge in [0.05, 0.1) is 26.4 Å². The Morgan fingerprint density at radius 1 is 0.284 bits per heavy atom. The number of esters is 4. The molecule has 0 saturated heterocycles. The lowest BCUT2D eigenvalue weighted by atomic mass is 10.0. The Morgan fingerprint density at radius 2 is 0.510 bits per heavy atom. The lowest BCUT2D eigenvalue weighted by Crippen LogP contribution is -2.30. The Labute approximate surface area is 620 Å². The van der Waals surface area contributed by atoms with Gasteiger partial charge >= 0.3 is 39.5 Å². The van der Waals surface area contributed by atoms with Crippen molar-refractivity contribution in [1.29, 1.82) is 0 Å². The van der Waals surface area contributed by atoms with Crippen LogP contribution >= 0.6 is 15.6 Å². The summed E-state index contributed by atoms with van der Waals surface area (Å²) in [4.78, 5) is 73.0. The Bertz CT molecular complexity index is 2310. The number of carbonyl (C=O) groups is 4. The normalized spacial score (nSPS) is 14.4. The molecule has 0 saturated carbocycles. The van der Waals surface area contributed by atoms with Gasteiger partial charge in [0.2, 0.25) is 0 Å². The first-order chi connectivity index (χ1) is 49.7. The van der Waals surface area contributed by atoms with Crippen LogP contribution in [0.3, 0.4) is 0 Å². The highest BCUT2D eigenvalue weighted by Gasteiger charge is 2.30. The molecule has 0 radical (unpaired) electrons. The van der Waals surface area contributed by atoms with Gasteiger partial charge in [0.1, 0.15) is 19.3 Å². The Kier molecular flexibility index (Phi) is 72.3. The average Bonchev–Trinajstić information content (AvgIpc) is 0.909. The third kappa shape index (κ3) is 74.3. The van der Waals surface area contributed by atoms with E-state index in [1.54, 1.807) is 0 Å². The first-order valence-electron chi connectivity index (χ1n) is 40.5. The van der Waals surface area contributed by atoms with Gasteiger partial charge in [-0.15, -0.1) is 0 Å².